The normalized spacial score (nSPS) is 18.8. The average molecular weight is 386 g/mol. The molecule has 1 aromatic rings. The Morgan fingerprint density at radius 3 is 3.00 bits per heavy atom. The van der Waals surface area contributed by atoms with E-state index in [4.69, 9.17) is 9.47 Å². The second kappa shape index (κ2) is 8.08. The first-order chi connectivity index (χ1) is 10.8. The van der Waals surface area contributed by atoms with Crippen LogP contribution in [0.5, 0.6) is 0 Å². The summed E-state index contributed by atoms with van der Waals surface area (Å²) in [5, 5.41) is 3.36. The number of carbonyl (C=O) groups excluding carboxylic acids is 1. The molecule has 7 heteroatoms. The summed E-state index contributed by atoms with van der Waals surface area (Å²) in [7, 11) is 0. The Morgan fingerprint density at radius 2 is 2.30 bits per heavy atom. The molecule has 0 aliphatic carbocycles. The summed E-state index contributed by atoms with van der Waals surface area (Å²) in [6, 6.07) is 1.99. The highest BCUT2D eigenvalue weighted by atomic mass is 79.9. The molecule has 2 heterocycles. The molecule has 0 saturated carbocycles. The molecular formula is C16H24BrN3O3. The molecule has 0 aromatic carbocycles. The van der Waals surface area contributed by atoms with Gasteiger partial charge in [-0.15, -0.1) is 0 Å². The number of halogens is 1. The fraction of sp³-hybridized carbons (Fsp3) is 0.625. The second-order valence-electron chi connectivity index (χ2n) is 6.54. The van der Waals surface area contributed by atoms with Crippen LogP contribution < -0.4 is 5.32 Å². The van der Waals surface area contributed by atoms with Gasteiger partial charge in [-0.2, -0.15) is 0 Å². The lowest BCUT2D eigenvalue weighted by molar-refractivity contribution is -0.0317. The maximum Gasteiger partial charge on any atom is 0.410 e. The zero-order valence-electron chi connectivity index (χ0n) is 13.8. The molecule has 0 spiro atoms. The monoisotopic (exact) mass is 385 g/mol. The van der Waals surface area contributed by atoms with Crippen molar-refractivity contribution in [3.05, 3.63) is 28.5 Å². The number of ether oxygens (including phenoxy) is 2. The van der Waals surface area contributed by atoms with Crippen molar-refractivity contribution < 1.29 is 14.3 Å². The predicted molar refractivity (Wildman–Crippen MR) is 91.2 cm³/mol. The number of aromatic nitrogens is 1. The maximum absolute atomic E-state index is 12.3. The molecule has 0 radical (unpaired) electrons. The second-order valence-corrected chi connectivity index (χ2v) is 7.46. The van der Waals surface area contributed by atoms with Crippen molar-refractivity contribution in [2.45, 2.75) is 39.0 Å². The first-order valence-corrected chi connectivity index (χ1v) is 8.52. The number of nitrogens with one attached hydrogen (secondary N) is 1. The molecule has 1 aliphatic heterocycles. The Hall–Kier alpha value is -1.18. The van der Waals surface area contributed by atoms with E-state index in [-0.39, 0.29) is 12.1 Å². The number of rotatable bonds is 4. The Labute approximate surface area is 145 Å². The lowest BCUT2D eigenvalue weighted by Gasteiger charge is -2.36. The third-order valence-electron chi connectivity index (χ3n) is 3.33. The van der Waals surface area contributed by atoms with Crippen LogP contribution in [0.3, 0.4) is 0 Å². The minimum absolute atomic E-state index is 0.0290. The highest BCUT2D eigenvalue weighted by Gasteiger charge is 2.30. The fourth-order valence-corrected chi connectivity index (χ4v) is 2.73. The summed E-state index contributed by atoms with van der Waals surface area (Å²) in [6.07, 6.45) is 3.29. The Kier molecular flexibility index (Phi) is 6.38. The van der Waals surface area contributed by atoms with E-state index >= 15 is 0 Å². The van der Waals surface area contributed by atoms with E-state index in [2.05, 4.69) is 26.2 Å². The third kappa shape index (κ3) is 6.08. The van der Waals surface area contributed by atoms with Gasteiger partial charge in [0.2, 0.25) is 0 Å². The van der Waals surface area contributed by atoms with Crippen molar-refractivity contribution in [1.29, 1.82) is 0 Å². The first-order valence-electron chi connectivity index (χ1n) is 7.72. The molecule has 2 rings (SSSR count). The van der Waals surface area contributed by atoms with Crippen LogP contribution in [-0.2, 0) is 16.0 Å². The van der Waals surface area contributed by atoms with E-state index in [9.17, 15) is 4.79 Å². The van der Waals surface area contributed by atoms with Crippen LogP contribution >= 0.6 is 15.9 Å². The fourth-order valence-electron chi connectivity index (χ4n) is 2.32. The molecule has 1 atom stereocenters. The lowest BCUT2D eigenvalue weighted by Crippen LogP contribution is -2.54. The van der Waals surface area contributed by atoms with Gasteiger partial charge in [-0.1, -0.05) is 0 Å². The zero-order valence-corrected chi connectivity index (χ0v) is 15.4. The van der Waals surface area contributed by atoms with Gasteiger partial charge in [-0.25, -0.2) is 4.79 Å². The van der Waals surface area contributed by atoms with Crippen LogP contribution in [0.25, 0.3) is 0 Å². The quantitative estimate of drug-likeness (QED) is 0.862. The number of hydrogen-bond acceptors (Lipinski definition) is 5. The number of amides is 1. The van der Waals surface area contributed by atoms with Crippen LogP contribution in [0, 0.1) is 0 Å². The van der Waals surface area contributed by atoms with Gasteiger partial charge in [-0.3, -0.25) is 9.88 Å². The zero-order chi connectivity index (χ0) is 16.9. The molecular weight excluding hydrogens is 362 g/mol. The van der Waals surface area contributed by atoms with E-state index in [1.54, 1.807) is 11.1 Å². The van der Waals surface area contributed by atoms with Crippen molar-refractivity contribution in [3.63, 3.8) is 0 Å². The van der Waals surface area contributed by atoms with Crippen molar-refractivity contribution >= 4 is 22.0 Å². The third-order valence-corrected chi connectivity index (χ3v) is 3.76. The van der Waals surface area contributed by atoms with E-state index < -0.39 is 5.60 Å². The minimum Gasteiger partial charge on any atom is -0.444 e. The van der Waals surface area contributed by atoms with E-state index in [1.807, 2.05) is 33.0 Å². The number of carbonyl (C=O) groups is 1. The first kappa shape index (κ1) is 18.2. The number of morpholine rings is 1. The van der Waals surface area contributed by atoms with Gasteiger partial charge < -0.3 is 14.8 Å². The highest BCUT2D eigenvalue weighted by Crippen LogP contribution is 2.15. The summed E-state index contributed by atoms with van der Waals surface area (Å²) in [5.41, 5.74) is 0.593. The molecule has 23 heavy (non-hydrogen) atoms. The molecule has 1 unspecified atom stereocenters. The van der Waals surface area contributed by atoms with Crippen LogP contribution in [0.2, 0.25) is 0 Å². The summed E-state index contributed by atoms with van der Waals surface area (Å²) in [6.45, 7) is 8.57. The van der Waals surface area contributed by atoms with Crippen LogP contribution in [-0.4, -0.2) is 53.9 Å². The lowest BCUT2D eigenvalue weighted by atomic mass is 10.2. The van der Waals surface area contributed by atoms with Gasteiger partial charge in [0.15, 0.2) is 0 Å². The van der Waals surface area contributed by atoms with Gasteiger partial charge in [0.05, 0.1) is 19.3 Å². The van der Waals surface area contributed by atoms with Crippen LogP contribution in [0.1, 0.15) is 26.3 Å². The molecule has 1 amide bonds. The summed E-state index contributed by atoms with van der Waals surface area (Å²) in [5.74, 6) is 0. The summed E-state index contributed by atoms with van der Waals surface area (Å²) < 4.78 is 11.9. The topological polar surface area (TPSA) is 63.7 Å². The van der Waals surface area contributed by atoms with Gasteiger partial charge in [0.1, 0.15) is 5.60 Å². The van der Waals surface area contributed by atoms with E-state index in [1.165, 1.54) is 0 Å². The molecule has 6 nitrogen and oxygen atoms in total. The summed E-state index contributed by atoms with van der Waals surface area (Å²) >= 11 is 3.41. The minimum atomic E-state index is -0.491. The smallest absolute Gasteiger partial charge is 0.410 e. The standard InChI is InChI=1S/C16H24BrN3O3/c1-16(2,3)23-15(21)20-4-5-22-11-14(20)10-19-8-12-6-13(17)9-18-7-12/h6-7,9,14,19H,4-5,8,10-11H2,1-3H3. The molecule has 128 valence electrons. The molecule has 1 aliphatic rings. The van der Waals surface area contributed by atoms with E-state index in [0.29, 0.717) is 32.8 Å². The molecule has 1 N–H and O–H groups in total. The summed E-state index contributed by atoms with van der Waals surface area (Å²) in [4.78, 5) is 18.2. The SMILES string of the molecule is CC(C)(C)OC(=O)N1CCOCC1CNCc1cncc(Br)c1. The van der Waals surface area contributed by atoms with Gasteiger partial charge in [-0.05, 0) is 48.3 Å². The Morgan fingerprint density at radius 1 is 1.52 bits per heavy atom. The van der Waals surface area contributed by atoms with Crippen molar-refractivity contribution in [2.75, 3.05) is 26.3 Å². The van der Waals surface area contributed by atoms with E-state index in [0.717, 1.165) is 10.0 Å². The van der Waals surface area contributed by atoms with Crippen molar-refractivity contribution in [3.8, 4) is 0 Å². The highest BCUT2D eigenvalue weighted by molar-refractivity contribution is 9.10. The van der Waals surface area contributed by atoms with Gasteiger partial charge >= 0.3 is 6.09 Å². The largest absolute Gasteiger partial charge is 0.444 e. The Balaban J connectivity index is 1.87. The van der Waals surface area contributed by atoms with Crippen molar-refractivity contribution in [2.24, 2.45) is 0 Å². The number of pyridine rings is 1. The van der Waals surface area contributed by atoms with Gasteiger partial charge in [0.25, 0.3) is 0 Å². The number of nitrogens with zero attached hydrogens (tertiary/aromatic N) is 2. The Bertz CT molecular complexity index is 534. The average Bonchev–Trinajstić information content (AvgIpc) is 2.46. The van der Waals surface area contributed by atoms with Crippen LogP contribution in [0.15, 0.2) is 22.9 Å². The maximum atomic E-state index is 12.3. The van der Waals surface area contributed by atoms with Gasteiger partial charge in [0, 0.05) is 36.5 Å². The van der Waals surface area contributed by atoms with Crippen molar-refractivity contribution in [1.82, 2.24) is 15.2 Å². The number of hydrogen-bond donors (Lipinski definition) is 1. The molecule has 1 saturated heterocycles. The van der Waals surface area contributed by atoms with Crippen LogP contribution in [0.4, 0.5) is 4.79 Å². The molecule has 1 aromatic heterocycles. The predicted octanol–water partition coefficient (Wildman–Crippen LogP) is 2.57. The molecule has 1 fully saturated rings. The molecule has 0 bridgehead atoms.